The molecule has 2 heterocycles. The molecular formula is C14H18N2. The fourth-order valence-electron chi connectivity index (χ4n) is 2.98. The molecule has 84 valence electrons. The van der Waals surface area contributed by atoms with Crippen molar-refractivity contribution in [3.8, 4) is 0 Å². The number of rotatable bonds is 0. The summed E-state index contributed by atoms with van der Waals surface area (Å²) in [5.41, 5.74) is 5.73. The summed E-state index contributed by atoms with van der Waals surface area (Å²) < 4.78 is 2.35. The van der Waals surface area contributed by atoms with Crippen molar-refractivity contribution in [1.29, 1.82) is 0 Å². The average molecular weight is 214 g/mol. The highest BCUT2D eigenvalue weighted by Gasteiger charge is 2.22. The quantitative estimate of drug-likeness (QED) is 0.713. The summed E-state index contributed by atoms with van der Waals surface area (Å²) in [4.78, 5) is 0. The highest BCUT2D eigenvalue weighted by atomic mass is 15.0. The monoisotopic (exact) mass is 214 g/mol. The molecule has 0 aliphatic carbocycles. The third-order valence-electron chi connectivity index (χ3n) is 3.74. The lowest BCUT2D eigenvalue weighted by molar-refractivity contribution is 0.515. The van der Waals surface area contributed by atoms with E-state index in [4.69, 9.17) is 0 Å². The van der Waals surface area contributed by atoms with E-state index in [0.717, 1.165) is 13.0 Å². The number of aryl methyl sites for hydroxylation is 2. The second kappa shape index (κ2) is 3.36. The molecular weight excluding hydrogens is 196 g/mol. The standard InChI is InChI=1S/C14H18N2/c1-9-4-5-13-12(8-9)11-6-7-15-10(2)14(11)16(13)3/h4-5,8,10,15H,6-7H2,1-3H3. The molecule has 16 heavy (non-hydrogen) atoms. The first-order chi connectivity index (χ1) is 7.68. The average Bonchev–Trinajstić information content (AvgIpc) is 2.54. The van der Waals surface area contributed by atoms with Gasteiger partial charge in [-0.3, -0.25) is 0 Å². The van der Waals surface area contributed by atoms with Crippen LogP contribution in [0.1, 0.15) is 29.8 Å². The molecule has 1 aromatic heterocycles. The van der Waals surface area contributed by atoms with E-state index in [1.54, 1.807) is 5.56 Å². The van der Waals surface area contributed by atoms with Gasteiger partial charge in [-0.1, -0.05) is 11.6 Å². The summed E-state index contributed by atoms with van der Waals surface area (Å²) in [6.07, 6.45) is 1.15. The van der Waals surface area contributed by atoms with E-state index in [-0.39, 0.29) is 0 Å². The van der Waals surface area contributed by atoms with Gasteiger partial charge in [0.05, 0.1) is 0 Å². The van der Waals surface area contributed by atoms with Crippen molar-refractivity contribution < 1.29 is 0 Å². The van der Waals surface area contributed by atoms with Crippen molar-refractivity contribution in [2.45, 2.75) is 26.3 Å². The predicted molar refractivity (Wildman–Crippen MR) is 67.8 cm³/mol. The van der Waals surface area contributed by atoms with Crippen LogP contribution >= 0.6 is 0 Å². The first-order valence-electron chi connectivity index (χ1n) is 5.99. The molecule has 1 atom stereocenters. The lowest BCUT2D eigenvalue weighted by Gasteiger charge is -2.22. The van der Waals surface area contributed by atoms with Crippen molar-refractivity contribution in [3.63, 3.8) is 0 Å². The maximum atomic E-state index is 3.53. The van der Waals surface area contributed by atoms with E-state index in [2.05, 4.69) is 49.0 Å². The minimum atomic E-state index is 0.474. The van der Waals surface area contributed by atoms with Crippen LogP contribution in [0.5, 0.6) is 0 Å². The highest BCUT2D eigenvalue weighted by molar-refractivity contribution is 5.86. The summed E-state index contributed by atoms with van der Waals surface area (Å²) in [5.74, 6) is 0. The van der Waals surface area contributed by atoms with Crippen LogP contribution in [0.15, 0.2) is 18.2 Å². The van der Waals surface area contributed by atoms with Gasteiger partial charge < -0.3 is 9.88 Å². The number of nitrogens with zero attached hydrogens (tertiary/aromatic N) is 1. The second-order valence-electron chi connectivity index (χ2n) is 4.87. The number of fused-ring (bicyclic) bond motifs is 3. The molecule has 1 aliphatic rings. The molecule has 1 aliphatic heterocycles. The summed E-state index contributed by atoms with van der Waals surface area (Å²) in [6.45, 7) is 5.52. The molecule has 3 rings (SSSR count). The zero-order valence-corrected chi connectivity index (χ0v) is 10.2. The zero-order chi connectivity index (χ0) is 11.3. The largest absolute Gasteiger partial charge is 0.346 e. The lowest BCUT2D eigenvalue weighted by Crippen LogP contribution is -2.28. The molecule has 2 aromatic rings. The third-order valence-corrected chi connectivity index (χ3v) is 3.74. The van der Waals surface area contributed by atoms with Crippen LogP contribution in [-0.2, 0) is 13.5 Å². The Labute approximate surface area is 96.3 Å². The van der Waals surface area contributed by atoms with Crippen LogP contribution in [-0.4, -0.2) is 11.1 Å². The topological polar surface area (TPSA) is 17.0 Å². The van der Waals surface area contributed by atoms with Crippen molar-refractivity contribution in [3.05, 3.63) is 35.0 Å². The van der Waals surface area contributed by atoms with E-state index < -0.39 is 0 Å². The van der Waals surface area contributed by atoms with Crippen LogP contribution < -0.4 is 5.32 Å². The van der Waals surface area contributed by atoms with Gasteiger partial charge in [-0.15, -0.1) is 0 Å². The van der Waals surface area contributed by atoms with Gasteiger partial charge in [-0.25, -0.2) is 0 Å². The number of hydrogen-bond donors (Lipinski definition) is 1. The molecule has 1 unspecified atom stereocenters. The molecule has 1 aromatic carbocycles. The first kappa shape index (κ1) is 9.91. The van der Waals surface area contributed by atoms with Crippen LogP contribution in [0.2, 0.25) is 0 Å². The van der Waals surface area contributed by atoms with E-state index in [1.165, 1.54) is 22.2 Å². The maximum Gasteiger partial charge on any atom is 0.0483 e. The SMILES string of the molecule is Cc1ccc2c(c1)c1c(n2C)C(C)NCC1. The molecule has 2 nitrogen and oxygen atoms in total. The van der Waals surface area contributed by atoms with Crippen molar-refractivity contribution in [1.82, 2.24) is 9.88 Å². The van der Waals surface area contributed by atoms with Crippen molar-refractivity contribution in [2.75, 3.05) is 6.54 Å². The summed E-state index contributed by atoms with van der Waals surface area (Å²) >= 11 is 0. The van der Waals surface area contributed by atoms with Crippen LogP contribution in [0.25, 0.3) is 10.9 Å². The van der Waals surface area contributed by atoms with Crippen molar-refractivity contribution >= 4 is 10.9 Å². The molecule has 0 saturated heterocycles. The minimum absolute atomic E-state index is 0.474. The van der Waals surface area contributed by atoms with Crippen LogP contribution in [0, 0.1) is 6.92 Å². The zero-order valence-electron chi connectivity index (χ0n) is 10.2. The molecule has 0 amide bonds. The van der Waals surface area contributed by atoms with Gasteiger partial charge in [0.15, 0.2) is 0 Å². The molecule has 0 saturated carbocycles. The molecule has 1 N–H and O–H groups in total. The molecule has 0 fully saturated rings. The van der Waals surface area contributed by atoms with E-state index in [1.807, 2.05) is 0 Å². The number of nitrogens with one attached hydrogen (secondary N) is 1. The predicted octanol–water partition coefficient (Wildman–Crippen LogP) is 2.69. The fourth-order valence-corrected chi connectivity index (χ4v) is 2.98. The highest BCUT2D eigenvalue weighted by Crippen LogP contribution is 2.32. The van der Waals surface area contributed by atoms with Crippen LogP contribution in [0.4, 0.5) is 0 Å². The number of aromatic nitrogens is 1. The Morgan fingerprint density at radius 2 is 2.19 bits per heavy atom. The maximum absolute atomic E-state index is 3.53. The van der Waals surface area contributed by atoms with Gasteiger partial charge in [0.2, 0.25) is 0 Å². The Hall–Kier alpha value is -1.28. The first-order valence-corrected chi connectivity index (χ1v) is 5.99. The number of hydrogen-bond acceptors (Lipinski definition) is 1. The van der Waals surface area contributed by atoms with Gasteiger partial charge in [-0.2, -0.15) is 0 Å². The van der Waals surface area contributed by atoms with Gasteiger partial charge in [0.1, 0.15) is 0 Å². The Morgan fingerprint density at radius 1 is 1.38 bits per heavy atom. The smallest absolute Gasteiger partial charge is 0.0483 e. The van der Waals surface area contributed by atoms with Gasteiger partial charge >= 0.3 is 0 Å². The normalized spacial score (nSPS) is 20.1. The van der Waals surface area contributed by atoms with E-state index in [9.17, 15) is 0 Å². The van der Waals surface area contributed by atoms with Gasteiger partial charge in [0, 0.05) is 29.7 Å². The summed E-state index contributed by atoms with van der Waals surface area (Å²) in [7, 11) is 2.18. The van der Waals surface area contributed by atoms with Crippen molar-refractivity contribution in [2.24, 2.45) is 7.05 Å². The van der Waals surface area contributed by atoms with E-state index >= 15 is 0 Å². The molecule has 0 spiro atoms. The molecule has 0 radical (unpaired) electrons. The summed E-state index contributed by atoms with van der Waals surface area (Å²) in [5, 5.41) is 4.98. The Kier molecular flexibility index (Phi) is 2.08. The second-order valence-corrected chi connectivity index (χ2v) is 4.87. The molecule has 2 heteroatoms. The van der Waals surface area contributed by atoms with Crippen LogP contribution in [0.3, 0.4) is 0 Å². The molecule has 0 bridgehead atoms. The summed E-state index contributed by atoms with van der Waals surface area (Å²) in [6, 6.07) is 7.25. The van der Waals surface area contributed by atoms with E-state index in [0.29, 0.717) is 6.04 Å². The van der Waals surface area contributed by atoms with Gasteiger partial charge in [0.25, 0.3) is 0 Å². The number of benzene rings is 1. The van der Waals surface area contributed by atoms with Gasteiger partial charge in [-0.05, 0) is 44.5 Å². The third kappa shape index (κ3) is 1.23. The lowest BCUT2D eigenvalue weighted by atomic mass is 9.99. The fraction of sp³-hybridized carbons (Fsp3) is 0.429. The minimum Gasteiger partial charge on any atom is -0.346 e. The Balaban J connectivity index is 2.39. The Morgan fingerprint density at radius 3 is 3.00 bits per heavy atom. The Bertz CT molecular complexity index is 551.